The van der Waals surface area contributed by atoms with E-state index in [2.05, 4.69) is 5.16 Å². The van der Waals surface area contributed by atoms with Crippen molar-refractivity contribution in [3.05, 3.63) is 87.2 Å². The molecule has 0 bridgehead atoms. The number of methoxy groups -OCH3 is 1. The third kappa shape index (κ3) is 4.86. The third-order valence-electron chi connectivity index (χ3n) is 4.50. The minimum absolute atomic E-state index is 0.0856. The minimum Gasteiger partial charge on any atom is -0.495 e. The van der Waals surface area contributed by atoms with Crippen molar-refractivity contribution in [1.29, 1.82) is 0 Å². The molecule has 3 aromatic rings. The Hall–Kier alpha value is -2.76. The maximum atomic E-state index is 14.6. The minimum atomic E-state index is -0.613. The van der Waals surface area contributed by atoms with Gasteiger partial charge >= 0.3 is 0 Å². The van der Waals surface area contributed by atoms with Crippen LogP contribution in [0.15, 0.2) is 59.8 Å². The summed E-state index contributed by atoms with van der Waals surface area (Å²) in [6.45, 7) is 2.03. The number of hydrogen-bond donors (Lipinski definition) is 1. The lowest BCUT2D eigenvalue weighted by Crippen LogP contribution is -2.10. The maximum Gasteiger partial charge on any atom is 0.138 e. The molecule has 0 spiro atoms. The fraction of sp³-hybridized carbons (Fsp3) is 0.174. The number of rotatable bonds is 7. The van der Waals surface area contributed by atoms with E-state index in [-0.39, 0.29) is 22.0 Å². The van der Waals surface area contributed by atoms with E-state index in [0.29, 0.717) is 28.5 Å². The second kappa shape index (κ2) is 9.83. The summed E-state index contributed by atoms with van der Waals surface area (Å²) in [5.41, 5.74) is 1.61. The summed E-state index contributed by atoms with van der Waals surface area (Å²) in [5, 5.41) is 13.9. The van der Waals surface area contributed by atoms with Gasteiger partial charge in [0.25, 0.3) is 0 Å². The van der Waals surface area contributed by atoms with Crippen LogP contribution in [-0.4, -0.2) is 18.0 Å². The fourth-order valence-corrected chi connectivity index (χ4v) is 3.45. The van der Waals surface area contributed by atoms with Crippen LogP contribution in [0.4, 0.5) is 4.39 Å². The van der Waals surface area contributed by atoms with Crippen LogP contribution in [-0.2, 0) is 6.42 Å². The maximum absolute atomic E-state index is 14.6. The highest BCUT2D eigenvalue weighted by Crippen LogP contribution is 2.31. The Morgan fingerprint density at radius 3 is 2.33 bits per heavy atom. The molecule has 0 atom stereocenters. The van der Waals surface area contributed by atoms with Crippen LogP contribution in [0.1, 0.15) is 30.0 Å². The van der Waals surface area contributed by atoms with Crippen LogP contribution in [0.5, 0.6) is 17.2 Å². The van der Waals surface area contributed by atoms with E-state index < -0.39 is 5.82 Å². The predicted molar refractivity (Wildman–Crippen MR) is 117 cm³/mol. The molecule has 0 aliphatic heterocycles. The van der Waals surface area contributed by atoms with Gasteiger partial charge in [-0.15, -0.1) is 0 Å². The molecule has 7 heteroatoms. The van der Waals surface area contributed by atoms with E-state index in [1.54, 1.807) is 36.4 Å². The number of oxime groups is 1. The fourth-order valence-electron chi connectivity index (χ4n) is 3.10. The molecule has 0 saturated carbocycles. The molecule has 0 aliphatic carbocycles. The highest BCUT2D eigenvalue weighted by Gasteiger charge is 2.19. The predicted octanol–water partition coefficient (Wildman–Crippen LogP) is 7.11. The van der Waals surface area contributed by atoms with E-state index in [9.17, 15) is 9.60 Å². The molecule has 0 heterocycles. The topological polar surface area (TPSA) is 51.0 Å². The molecule has 3 aromatic carbocycles. The van der Waals surface area contributed by atoms with Gasteiger partial charge in [0.05, 0.1) is 12.1 Å². The molecule has 0 aliphatic rings. The molecular formula is C23H20Cl2FNO3. The van der Waals surface area contributed by atoms with Gasteiger partial charge in [-0.2, -0.15) is 0 Å². The van der Waals surface area contributed by atoms with E-state index in [0.717, 1.165) is 18.1 Å². The van der Waals surface area contributed by atoms with Crippen molar-refractivity contribution in [2.75, 3.05) is 7.11 Å². The van der Waals surface area contributed by atoms with Gasteiger partial charge in [0, 0.05) is 16.1 Å². The van der Waals surface area contributed by atoms with Crippen LogP contribution in [0, 0.1) is 5.82 Å². The normalized spacial score (nSPS) is 11.4. The lowest BCUT2D eigenvalue weighted by molar-refractivity contribution is 0.319. The highest BCUT2D eigenvalue weighted by molar-refractivity contribution is 6.32. The van der Waals surface area contributed by atoms with Crippen LogP contribution in [0.2, 0.25) is 10.0 Å². The Kier molecular flexibility index (Phi) is 7.19. The van der Waals surface area contributed by atoms with Gasteiger partial charge < -0.3 is 14.7 Å². The van der Waals surface area contributed by atoms with E-state index in [1.807, 2.05) is 13.0 Å². The molecule has 0 saturated heterocycles. The second-order valence-corrected chi connectivity index (χ2v) is 7.38. The van der Waals surface area contributed by atoms with Gasteiger partial charge in [-0.1, -0.05) is 41.7 Å². The molecule has 0 aromatic heterocycles. The summed E-state index contributed by atoms with van der Waals surface area (Å²) >= 11 is 11.9. The Bertz CT molecular complexity index is 1070. The summed E-state index contributed by atoms with van der Waals surface area (Å²) in [7, 11) is 1.43. The standard InChI is InChI=1S/C23H20Cl2FNO3/c1-3-4-14-11-17(30-16-7-5-15(24)6-8-16)9-10-18(14)23(27-28)19-12-22(29-2)20(25)13-21(19)26/h5-13,28H,3-4H2,1-2H3/b27-23+. The molecular weight excluding hydrogens is 428 g/mol. The quantitative estimate of drug-likeness (QED) is 0.238. The van der Waals surface area contributed by atoms with Gasteiger partial charge in [-0.05, 0) is 66.6 Å². The van der Waals surface area contributed by atoms with Crippen molar-refractivity contribution in [3.8, 4) is 17.2 Å². The van der Waals surface area contributed by atoms with Gasteiger partial charge in [-0.3, -0.25) is 0 Å². The van der Waals surface area contributed by atoms with Crippen molar-refractivity contribution in [3.63, 3.8) is 0 Å². The van der Waals surface area contributed by atoms with Gasteiger partial charge in [0.2, 0.25) is 0 Å². The van der Waals surface area contributed by atoms with Crippen LogP contribution in [0.3, 0.4) is 0 Å². The number of aryl methyl sites for hydroxylation is 1. The highest BCUT2D eigenvalue weighted by atomic mass is 35.5. The number of hydrogen-bond acceptors (Lipinski definition) is 4. The molecule has 1 N–H and O–H groups in total. The SMILES string of the molecule is CCCc1cc(Oc2ccc(Cl)cc2)ccc1/C(=N\O)c1cc(OC)c(Cl)cc1F. The lowest BCUT2D eigenvalue weighted by Gasteiger charge is -2.15. The van der Waals surface area contributed by atoms with E-state index >= 15 is 0 Å². The second-order valence-electron chi connectivity index (χ2n) is 6.54. The summed E-state index contributed by atoms with van der Waals surface area (Å²) < 4.78 is 25.7. The Balaban J connectivity index is 2.02. The van der Waals surface area contributed by atoms with Crippen molar-refractivity contribution in [1.82, 2.24) is 0 Å². The average Bonchev–Trinajstić information content (AvgIpc) is 2.73. The summed E-state index contributed by atoms with van der Waals surface area (Å²) in [6, 6.07) is 14.9. The van der Waals surface area contributed by atoms with Gasteiger partial charge in [-0.25, -0.2) is 4.39 Å². The first-order valence-corrected chi connectivity index (χ1v) is 10.0. The third-order valence-corrected chi connectivity index (χ3v) is 5.04. The molecule has 4 nitrogen and oxygen atoms in total. The summed E-state index contributed by atoms with van der Waals surface area (Å²) in [4.78, 5) is 0. The number of benzene rings is 3. The van der Waals surface area contributed by atoms with E-state index in [1.165, 1.54) is 13.2 Å². The van der Waals surface area contributed by atoms with Gasteiger partial charge in [0.15, 0.2) is 0 Å². The Labute approximate surface area is 184 Å². The van der Waals surface area contributed by atoms with E-state index in [4.69, 9.17) is 32.7 Å². The molecule has 3 rings (SSSR count). The summed E-state index contributed by atoms with van der Waals surface area (Å²) in [6.07, 6.45) is 1.51. The van der Waals surface area contributed by atoms with Crippen LogP contribution in [0.25, 0.3) is 0 Å². The first-order valence-electron chi connectivity index (χ1n) is 9.29. The number of nitrogens with zero attached hydrogens (tertiary/aromatic N) is 1. The monoisotopic (exact) mass is 447 g/mol. The van der Waals surface area contributed by atoms with Crippen molar-refractivity contribution in [2.24, 2.45) is 5.16 Å². The molecule has 0 fully saturated rings. The molecule has 0 unspecified atom stereocenters. The van der Waals surface area contributed by atoms with Crippen molar-refractivity contribution >= 4 is 28.9 Å². The van der Waals surface area contributed by atoms with Crippen molar-refractivity contribution < 1.29 is 19.1 Å². The Morgan fingerprint density at radius 2 is 1.70 bits per heavy atom. The molecule has 0 amide bonds. The molecule has 0 radical (unpaired) electrons. The van der Waals surface area contributed by atoms with Crippen LogP contribution < -0.4 is 9.47 Å². The zero-order chi connectivity index (χ0) is 21.7. The van der Waals surface area contributed by atoms with Crippen LogP contribution >= 0.6 is 23.2 Å². The Morgan fingerprint density at radius 1 is 1.00 bits per heavy atom. The largest absolute Gasteiger partial charge is 0.495 e. The molecule has 156 valence electrons. The first kappa shape index (κ1) is 21.9. The molecule has 30 heavy (non-hydrogen) atoms. The summed E-state index contributed by atoms with van der Waals surface area (Å²) in [5.74, 6) is 0.918. The average molecular weight is 448 g/mol. The lowest BCUT2D eigenvalue weighted by atomic mass is 9.94. The van der Waals surface area contributed by atoms with Crippen molar-refractivity contribution in [2.45, 2.75) is 19.8 Å². The number of halogens is 3. The smallest absolute Gasteiger partial charge is 0.138 e. The van der Waals surface area contributed by atoms with Gasteiger partial charge in [0.1, 0.15) is 28.8 Å². The zero-order valence-corrected chi connectivity index (χ0v) is 18.0. The zero-order valence-electron chi connectivity index (χ0n) is 16.5. The first-order chi connectivity index (χ1) is 14.5. The number of ether oxygens (including phenoxy) is 2.